The van der Waals surface area contributed by atoms with E-state index in [0.29, 0.717) is 0 Å². The molecule has 0 amide bonds. The minimum absolute atomic E-state index is 1.18. The van der Waals surface area contributed by atoms with Crippen LogP contribution in [-0.4, -0.2) is 17.0 Å². The summed E-state index contributed by atoms with van der Waals surface area (Å²) in [5.74, 6) is 0. The first-order valence-corrected chi connectivity index (χ1v) is 14.5. The molecule has 0 aliphatic heterocycles. The van der Waals surface area contributed by atoms with Crippen LogP contribution in [0, 0.1) is 0 Å². The molecule has 9 rings (SSSR count). The molecule has 9 aromatic rings. The van der Waals surface area contributed by atoms with Crippen LogP contribution in [0.5, 0.6) is 0 Å². The van der Waals surface area contributed by atoms with Gasteiger partial charge in [-0.05, 0) is 54.6 Å². The second kappa shape index (κ2) is 8.11. The summed E-state index contributed by atoms with van der Waals surface area (Å²) in [6, 6.07) is 46.7. The predicted octanol–water partition coefficient (Wildman–Crippen LogP) is 8.51. The summed E-state index contributed by atoms with van der Waals surface area (Å²) >= 11 is 1.89. The van der Waals surface area contributed by atoms with E-state index in [0.717, 1.165) is 0 Å². The minimum Gasteiger partial charge on any atom is -0.309 e. The van der Waals surface area contributed by atoms with Crippen molar-refractivity contribution < 1.29 is 0 Å². The van der Waals surface area contributed by atoms with Crippen molar-refractivity contribution in [2.24, 2.45) is 0 Å². The number of nitrogens with zero attached hydrogens (tertiary/aromatic N) is 2. The van der Waals surface area contributed by atoms with Crippen molar-refractivity contribution in [2.75, 3.05) is 0 Å². The van der Waals surface area contributed by atoms with Gasteiger partial charge in [-0.2, -0.15) is 0 Å². The summed E-state index contributed by atoms with van der Waals surface area (Å²) in [4.78, 5) is 0. The molecule has 0 spiro atoms. The van der Waals surface area contributed by atoms with Crippen LogP contribution < -0.4 is 5.46 Å². The Balaban J connectivity index is 1.45. The lowest BCUT2D eigenvalue weighted by Crippen LogP contribution is -2.05. The zero-order valence-corrected chi connectivity index (χ0v) is 22.7. The number of hydrogen-bond acceptors (Lipinski definition) is 1. The van der Waals surface area contributed by atoms with Gasteiger partial charge in [0.2, 0.25) is 0 Å². The summed E-state index contributed by atoms with van der Waals surface area (Å²) in [6.45, 7) is 0. The van der Waals surface area contributed by atoms with Crippen LogP contribution in [0.4, 0.5) is 0 Å². The van der Waals surface area contributed by atoms with Crippen molar-refractivity contribution in [2.45, 2.75) is 0 Å². The van der Waals surface area contributed by atoms with Gasteiger partial charge in [0.1, 0.15) is 7.85 Å². The van der Waals surface area contributed by atoms with E-state index < -0.39 is 0 Å². The van der Waals surface area contributed by atoms with Gasteiger partial charge >= 0.3 is 0 Å². The Bertz CT molecular complexity index is 2440. The van der Waals surface area contributed by atoms with E-state index in [1.165, 1.54) is 80.6 Å². The smallest absolute Gasteiger partial charge is 0.141 e. The van der Waals surface area contributed by atoms with E-state index in [2.05, 4.69) is 144 Å². The molecule has 186 valence electrons. The Morgan fingerprint density at radius 2 is 1.00 bits per heavy atom. The molecule has 0 fully saturated rings. The molecule has 0 bridgehead atoms. The molecule has 0 saturated carbocycles. The summed E-state index contributed by atoms with van der Waals surface area (Å²) in [5, 5.41) is 7.80. The van der Waals surface area contributed by atoms with Gasteiger partial charge in [-0.15, -0.1) is 11.3 Å². The first-order chi connectivity index (χ1) is 19.8. The molecule has 0 atom stereocenters. The molecule has 3 aromatic heterocycles. The first-order valence-electron chi connectivity index (χ1n) is 13.7. The Kier molecular flexibility index (Phi) is 4.47. The Labute approximate surface area is 235 Å². The lowest BCUT2D eigenvalue weighted by Gasteiger charge is -2.11. The number of benzene rings is 6. The molecular weight excluding hydrogens is 503 g/mol. The number of hydrogen-bond donors (Lipinski definition) is 0. The van der Waals surface area contributed by atoms with E-state index in [-0.39, 0.29) is 0 Å². The number of fused-ring (bicyclic) bond motifs is 9. The van der Waals surface area contributed by atoms with Gasteiger partial charge in [0.15, 0.2) is 0 Å². The molecule has 0 aliphatic carbocycles. The number of thiophene rings is 1. The number of para-hydroxylation sites is 3. The second-order valence-electron chi connectivity index (χ2n) is 10.7. The van der Waals surface area contributed by atoms with Crippen LogP contribution in [0.3, 0.4) is 0 Å². The van der Waals surface area contributed by atoms with Crippen LogP contribution in [-0.2, 0) is 0 Å². The maximum Gasteiger partial charge on any atom is 0.141 e. The fraction of sp³-hybridized carbons (Fsp3) is 0. The maximum absolute atomic E-state index is 2.47. The molecular formula is C36H23BN2S. The molecule has 0 saturated heterocycles. The summed E-state index contributed by atoms with van der Waals surface area (Å²) in [6.07, 6.45) is 0. The fourth-order valence-corrected chi connectivity index (χ4v) is 7.83. The lowest BCUT2D eigenvalue weighted by molar-refractivity contribution is 1.17. The normalized spacial score (nSPS) is 12.1. The summed E-state index contributed by atoms with van der Waals surface area (Å²) in [7, 11) is 2.25. The Morgan fingerprint density at radius 3 is 1.70 bits per heavy atom. The van der Waals surface area contributed by atoms with Crippen LogP contribution in [0.1, 0.15) is 0 Å². The van der Waals surface area contributed by atoms with Gasteiger partial charge in [-0.3, -0.25) is 0 Å². The maximum atomic E-state index is 2.47. The zero-order valence-electron chi connectivity index (χ0n) is 21.9. The highest BCUT2D eigenvalue weighted by molar-refractivity contribution is 7.26. The summed E-state index contributed by atoms with van der Waals surface area (Å²) in [5.41, 5.74) is 8.63. The van der Waals surface area contributed by atoms with Crippen LogP contribution >= 0.6 is 11.3 Å². The molecule has 0 aliphatic rings. The highest BCUT2D eigenvalue weighted by Gasteiger charge is 2.19. The zero-order chi connectivity index (χ0) is 26.4. The molecule has 40 heavy (non-hydrogen) atoms. The van der Waals surface area contributed by atoms with E-state index in [1.807, 2.05) is 11.3 Å². The molecule has 6 aromatic carbocycles. The number of aromatic nitrogens is 2. The van der Waals surface area contributed by atoms with Crippen LogP contribution in [0.15, 0.2) is 127 Å². The monoisotopic (exact) mass is 526 g/mol. The van der Waals surface area contributed by atoms with Gasteiger partial charge < -0.3 is 9.13 Å². The summed E-state index contributed by atoms with van der Waals surface area (Å²) < 4.78 is 7.59. The quantitative estimate of drug-likeness (QED) is 0.200. The average Bonchev–Trinajstić information content (AvgIpc) is 3.64. The van der Waals surface area contributed by atoms with E-state index in [1.54, 1.807) is 0 Å². The van der Waals surface area contributed by atoms with E-state index in [9.17, 15) is 0 Å². The molecule has 4 heteroatoms. The molecule has 0 N–H and O–H groups in total. The van der Waals surface area contributed by atoms with Crippen molar-refractivity contribution in [3.05, 3.63) is 127 Å². The molecule has 0 unspecified atom stereocenters. The van der Waals surface area contributed by atoms with Gasteiger partial charge in [0.25, 0.3) is 0 Å². The van der Waals surface area contributed by atoms with Crippen LogP contribution in [0.25, 0.3) is 75.2 Å². The number of rotatable bonds is 2. The van der Waals surface area contributed by atoms with Crippen molar-refractivity contribution in [3.63, 3.8) is 0 Å². The molecule has 3 heterocycles. The van der Waals surface area contributed by atoms with E-state index >= 15 is 0 Å². The fourth-order valence-electron chi connectivity index (χ4n) is 6.67. The van der Waals surface area contributed by atoms with Gasteiger partial charge in [-0.1, -0.05) is 78.3 Å². The Hall–Kier alpha value is -4.80. The standard InChI is InChI=1S/C36H23BN2S/c37-30-19-23(18-29-26-14-6-9-17-35(26)40-36(29)30)39-32-16-8-5-13-25(32)28-20-27-24-12-4-7-15-31(24)38(33(27)21-34(28)39)22-10-2-1-3-11-22/h1-21H,37H2. The van der Waals surface area contributed by atoms with Gasteiger partial charge in [-0.25, -0.2) is 0 Å². The minimum atomic E-state index is 1.18. The third-order valence-corrected chi connectivity index (χ3v) is 9.71. The third kappa shape index (κ3) is 2.94. The second-order valence-corrected chi connectivity index (χ2v) is 11.7. The van der Waals surface area contributed by atoms with Gasteiger partial charge in [0.05, 0.1) is 22.1 Å². The van der Waals surface area contributed by atoms with Gasteiger partial charge in [0, 0.05) is 53.1 Å². The highest BCUT2D eigenvalue weighted by Crippen LogP contribution is 2.40. The highest BCUT2D eigenvalue weighted by atomic mass is 32.1. The lowest BCUT2D eigenvalue weighted by atomic mass is 9.93. The largest absolute Gasteiger partial charge is 0.309 e. The Morgan fingerprint density at radius 1 is 0.425 bits per heavy atom. The first kappa shape index (κ1) is 22.1. The predicted molar refractivity (Wildman–Crippen MR) is 176 cm³/mol. The van der Waals surface area contributed by atoms with Crippen LogP contribution in [0.2, 0.25) is 0 Å². The average molecular weight is 526 g/mol. The van der Waals surface area contributed by atoms with Crippen molar-refractivity contribution in [1.82, 2.24) is 9.13 Å². The topological polar surface area (TPSA) is 9.86 Å². The molecule has 2 nitrogen and oxygen atoms in total. The van der Waals surface area contributed by atoms with E-state index in [4.69, 9.17) is 0 Å². The molecule has 0 radical (unpaired) electrons. The third-order valence-electron chi connectivity index (χ3n) is 8.39. The SMILES string of the molecule is Bc1cc(-n2c3ccccc3c3cc4c5ccccc5n(-c5ccccc5)c4cc32)cc2c1sc1ccccc12. The van der Waals surface area contributed by atoms with Crippen molar-refractivity contribution in [3.8, 4) is 11.4 Å². The van der Waals surface area contributed by atoms with Crippen molar-refractivity contribution >= 4 is 88.4 Å². The van der Waals surface area contributed by atoms with Crippen molar-refractivity contribution in [1.29, 1.82) is 0 Å².